The van der Waals surface area contributed by atoms with Crippen LogP contribution in [-0.4, -0.2) is 21.3 Å². The topological polar surface area (TPSA) is 32.5 Å². The molecular formula is C29H40NO2+. The van der Waals surface area contributed by atoms with E-state index in [1.54, 1.807) is 0 Å². The molecule has 0 saturated heterocycles. The van der Waals surface area contributed by atoms with E-state index in [4.69, 9.17) is 4.74 Å². The van der Waals surface area contributed by atoms with E-state index in [0.29, 0.717) is 0 Å². The molecule has 1 aromatic rings. The molecule has 0 aromatic heterocycles. The molecular weight excluding hydrogens is 394 g/mol. The first kappa shape index (κ1) is 21.8. The van der Waals surface area contributed by atoms with Gasteiger partial charge >= 0.3 is 0 Å². The maximum atomic E-state index is 11.2. The number of rotatable bonds is 4. The molecule has 32 heavy (non-hydrogen) atoms. The molecule has 0 radical (unpaired) electrons. The third kappa shape index (κ3) is 3.82. The highest BCUT2D eigenvalue weighted by Crippen LogP contribution is 2.53. The molecule has 4 aliphatic rings. The van der Waals surface area contributed by atoms with Crippen molar-refractivity contribution in [2.45, 2.75) is 98.0 Å². The summed E-state index contributed by atoms with van der Waals surface area (Å²) in [4.78, 5) is 0. The van der Waals surface area contributed by atoms with Crippen LogP contribution in [0.3, 0.4) is 0 Å². The zero-order valence-electron chi connectivity index (χ0n) is 20.6. The van der Waals surface area contributed by atoms with Gasteiger partial charge in [0.25, 0.3) is 5.69 Å². The van der Waals surface area contributed by atoms with Gasteiger partial charge in [-0.1, -0.05) is 64.0 Å². The van der Waals surface area contributed by atoms with Gasteiger partial charge in [-0.2, -0.15) is 0 Å². The van der Waals surface area contributed by atoms with Crippen molar-refractivity contribution in [3.63, 3.8) is 0 Å². The molecule has 1 fully saturated rings. The Kier molecular flexibility index (Phi) is 5.11. The molecule has 3 nitrogen and oxygen atoms in total. The number of hydrogen-bond donors (Lipinski definition) is 1. The summed E-state index contributed by atoms with van der Waals surface area (Å²) >= 11 is 0. The number of allylic oxidation sites excluding steroid dienone is 2. The van der Waals surface area contributed by atoms with Gasteiger partial charge < -0.3 is 4.74 Å². The highest BCUT2D eigenvalue weighted by molar-refractivity contribution is 6.27. The van der Waals surface area contributed by atoms with E-state index >= 15 is 0 Å². The van der Waals surface area contributed by atoms with Crippen molar-refractivity contribution in [3.8, 4) is 5.75 Å². The first-order chi connectivity index (χ1) is 15.1. The molecule has 3 heteroatoms. The Balaban J connectivity index is 1.46. The summed E-state index contributed by atoms with van der Waals surface area (Å²) in [5.41, 5.74) is 5.10. The number of ether oxygens (including phenoxy) is 1. The second-order valence-electron chi connectivity index (χ2n) is 12.3. The Morgan fingerprint density at radius 3 is 2.56 bits per heavy atom. The van der Waals surface area contributed by atoms with Gasteiger partial charge in [-0.15, -0.1) is 0 Å². The Morgan fingerprint density at radius 1 is 1.06 bits per heavy atom. The molecule has 172 valence electrons. The lowest BCUT2D eigenvalue weighted by Crippen LogP contribution is -2.38. The van der Waals surface area contributed by atoms with Crippen LogP contribution in [0.1, 0.15) is 104 Å². The SMILES string of the molecule is CC1(CCCC2CCCCC2)C=C2C(=[N+](O)c3cc4c(cc32)C=CC(C)(C)O4)C(C)(C)C1. The molecule has 1 unspecified atom stereocenters. The maximum Gasteiger partial charge on any atom is 0.269 e. The van der Waals surface area contributed by atoms with Crippen molar-refractivity contribution in [3.05, 3.63) is 35.4 Å². The van der Waals surface area contributed by atoms with Gasteiger partial charge in [0.15, 0.2) is 0 Å². The molecule has 5 rings (SSSR count). The first-order valence-electron chi connectivity index (χ1n) is 12.7. The first-order valence-corrected chi connectivity index (χ1v) is 12.7. The van der Waals surface area contributed by atoms with E-state index in [2.05, 4.69) is 58.9 Å². The van der Waals surface area contributed by atoms with Crippen molar-refractivity contribution < 1.29 is 14.7 Å². The summed E-state index contributed by atoms with van der Waals surface area (Å²) < 4.78 is 7.64. The van der Waals surface area contributed by atoms with E-state index in [-0.39, 0.29) is 16.4 Å². The second kappa shape index (κ2) is 7.50. The molecule has 2 aliphatic carbocycles. The lowest BCUT2D eigenvalue weighted by molar-refractivity contribution is -0.712. The highest BCUT2D eigenvalue weighted by Gasteiger charge is 2.52. The average molecular weight is 435 g/mol. The highest BCUT2D eigenvalue weighted by atomic mass is 16.5. The maximum absolute atomic E-state index is 11.2. The van der Waals surface area contributed by atoms with Crippen molar-refractivity contribution in [1.82, 2.24) is 0 Å². The normalized spacial score (nSPS) is 28.0. The Morgan fingerprint density at radius 2 is 1.81 bits per heavy atom. The Bertz CT molecular complexity index is 1020. The number of hydrogen-bond acceptors (Lipinski definition) is 2. The van der Waals surface area contributed by atoms with Crippen LogP contribution in [0, 0.1) is 16.7 Å². The minimum atomic E-state index is -0.324. The van der Waals surface area contributed by atoms with Crippen molar-refractivity contribution in [2.75, 3.05) is 0 Å². The molecule has 2 heterocycles. The molecule has 1 saturated carbocycles. The van der Waals surface area contributed by atoms with Crippen LogP contribution in [0.15, 0.2) is 24.3 Å². The molecule has 1 N–H and O–H groups in total. The van der Waals surface area contributed by atoms with E-state index in [1.807, 2.05) is 6.07 Å². The summed E-state index contributed by atoms with van der Waals surface area (Å²) in [5.74, 6) is 1.80. The van der Waals surface area contributed by atoms with Crippen LogP contribution in [0.25, 0.3) is 11.6 Å². The zero-order valence-corrected chi connectivity index (χ0v) is 20.6. The minimum Gasteiger partial charge on any atom is -0.483 e. The predicted molar refractivity (Wildman–Crippen MR) is 132 cm³/mol. The molecule has 1 aromatic carbocycles. The Hall–Kier alpha value is -2.03. The molecule has 1 atom stereocenters. The lowest BCUT2D eigenvalue weighted by Gasteiger charge is -2.39. The van der Waals surface area contributed by atoms with Gasteiger partial charge in [0.1, 0.15) is 11.4 Å². The number of benzene rings is 1. The third-order valence-electron chi connectivity index (χ3n) is 8.22. The monoisotopic (exact) mass is 434 g/mol. The van der Waals surface area contributed by atoms with Gasteiger partial charge in [-0.05, 0) is 64.0 Å². The number of nitrogens with zero attached hydrogens (tertiary/aromatic N) is 1. The lowest BCUT2D eigenvalue weighted by atomic mass is 9.62. The molecule has 0 amide bonds. The fourth-order valence-corrected chi connectivity index (χ4v) is 6.89. The van der Waals surface area contributed by atoms with Crippen LogP contribution in [0.4, 0.5) is 5.69 Å². The molecule has 0 spiro atoms. The summed E-state index contributed by atoms with van der Waals surface area (Å²) in [5, 5.41) is 11.2. The van der Waals surface area contributed by atoms with Crippen LogP contribution in [-0.2, 0) is 0 Å². The van der Waals surface area contributed by atoms with Crippen molar-refractivity contribution >= 4 is 23.0 Å². The summed E-state index contributed by atoms with van der Waals surface area (Å²) in [7, 11) is 0. The smallest absolute Gasteiger partial charge is 0.269 e. The van der Waals surface area contributed by atoms with E-state index in [9.17, 15) is 5.21 Å². The van der Waals surface area contributed by atoms with Gasteiger partial charge in [0, 0.05) is 10.3 Å². The fourth-order valence-electron chi connectivity index (χ4n) is 6.89. The summed E-state index contributed by atoms with van der Waals surface area (Å²) in [6.45, 7) is 11.2. The van der Waals surface area contributed by atoms with E-state index < -0.39 is 0 Å². The van der Waals surface area contributed by atoms with E-state index in [1.165, 1.54) is 61.7 Å². The number of fused-ring (bicyclic) bond motifs is 4. The van der Waals surface area contributed by atoms with Crippen molar-refractivity contribution in [1.29, 1.82) is 0 Å². The van der Waals surface area contributed by atoms with Gasteiger partial charge in [0.2, 0.25) is 5.71 Å². The van der Waals surface area contributed by atoms with Crippen LogP contribution in [0.2, 0.25) is 0 Å². The predicted octanol–water partition coefficient (Wildman–Crippen LogP) is 7.93. The van der Waals surface area contributed by atoms with Gasteiger partial charge in [-0.25, -0.2) is 0 Å². The van der Waals surface area contributed by atoms with Gasteiger partial charge in [-0.3, -0.25) is 5.21 Å². The minimum absolute atomic E-state index is 0.0894. The quantitative estimate of drug-likeness (QED) is 0.385. The third-order valence-corrected chi connectivity index (χ3v) is 8.22. The molecule has 0 bridgehead atoms. The summed E-state index contributed by atoms with van der Waals surface area (Å²) in [6.07, 6.45) is 18.9. The van der Waals surface area contributed by atoms with Gasteiger partial charge in [0.05, 0.1) is 22.6 Å². The zero-order chi connectivity index (χ0) is 22.7. The standard InChI is InChI=1S/C29H40NO2/c1-27(2)19-29(5,14-9-12-20-10-7-6-8-11-20)18-23-22-16-21-13-15-28(3,4)32-25(21)17-24(22)30(31)26(23)27/h13,15-18,20,31H,6-12,14,19H2,1-5H3/q+1. The second-order valence-corrected chi connectivity index (χ2v) is 12.3. The average Bonchev–Trinajstić information content (AvgIpc) is 2.97. The van der Waals surface area contributed by atoms with Crippen molar-refractivity contribution in [2.24, 2.45) is 16.7 Å². The summed E-state index contributed by atoms with van der Waals surface area (Å²) in [6, 6.07) is 4.24. The van der Waals surface area contributed by atoms with Crippen LogP contribution in [0.5, 0.6) is 5.75 Å². The van der Waals surface area contributed by atoms with E-state index in [0.717, 1.165) is 40.6 Å². The Labute approximate surface area is 193 Å². The molecule has 2 aliphatic heterocycles. The fraction of sp³-hybridized carbons (Fsp3) is 0.621. The van der Waals surface area contributed by atoms with Crippen LogP contribution >= 0.6 is 0 Å². The van der Waals surface area contributed by atoms with Crippen LogP contribution < -0.4 is 4.74 Å². The largest absolute Gasteiger partial charge is 0.483 e.